The van der Waals surface area contributed by atoms with Gasteiger partial charge in [-0.05, 0) is 24.1 Å². The van der Waals surface area contributed by atoms with E-state index in [9.17, 15) is 5.11 Å². The minimum atomic E-state index is 0.147. The summed E-state index contributed by atoms with van der Waals surface area (Å²) in [6.07, 6.45) is 0. The Kier molecular flexibility index (Phi) is 4.16. The number of hydrogen-bond acceptors (Lipinski definition) is 3. The zero-order valence-corrected chi connectivity index (χ0v) is 12.6. The first-order chi connectivity index (χ1) is 8.93. The van der Waals surface area contributed by atoms with Gasteiger partial charge < -0.3 is 10.0 Å². The van der Waals surface area contributed by atoms with Crippen molar-refractivity contribution in [3.63, 3.8) is 0 Å². The summed E-state index contributed by atoms with van der Waals surface area (Å²) in [7, 11) is 2.09. The summed E-state index contributed by atoms with van der Waals surface area (Å²) in [5, 5.41) is 9.49. The number of likely N-dealkylation sites (N-methyl/N-ethyl adjacent to an activating group) is 1. The zero-order valence-electron chi connectivity index (χ0n) is 12.6. The molecule has 1 fully saturated rings. The predicted octanol–water partition coefficient (Wildman–Crippen LogP) is 2.10. The third-order valence-electron chi connectivity index (χ3n) is 4.04. The van der Waals surface area contributed by atoms with E-state index in [1.807, 2.05) is 0 Å². The summed E-state index contributed by atoms with van der Waals surface area (Å²) in [4.78, 5) is 4.66. The Morgan fingerprint density at radius 3 is 2.53 bits per heavy atom. The van der Waals surface area contributed by atoms with Crippen molar-refractivity contribution in [1.82, 2.24) is 4.90 Å². The van der Waals surface area contributed by atoms with E-state index in [0.717, 1.165) is 19.6 Å². The Balaban J connectivity index is 2.27. The molecule has 1 aromatic carbocycles. The van der Waals surface area contributed by atoms with Crippen LogP contribution in [-0.2, 0) is 5.41 Å². The molecule has 3 heteroatoms. The van der Waals surface area contributed by atoms with Crippen molar-refractivity contribution >= 4 is 5.69 Å². The van der Waals surface area contributed by atoms with Crippen molar-refractivity contribution in [2.24, 2.45) is 0 Å². The van der Waals surface area contributed by atoms with Crippen LogP contribution in [0.4, 0.5) is 5.69 Å². The quantitative estimate of drug-likeness (QED) is 0.884. The van der Waals surface area contributed by atoms with Gasteiger partial charge in [0.1, 0.15) is 0 Å². The molecule has 3 nitrogen and oxygen atoms in total. The van der Waals surface area contributed by atoms with E-state index < -0.39 is 0 Å². The van der Waals surface area contributed by atoms with Gasteiger partial charge in [-0.15, -0.1) is 0 Å². The van der Waals surface area contributed by atoms with Crippen LogP contribution in [0.25, 0.3) is 0 Å². The van der Waals surface area contributed by atoms with Gasteiger partial charge in [0.2, 0.25) is 0 Å². The molecule has 1 N–H and O–H groups in total. The van der Waals surface area contributed by atoms with Crippen LogP contribution in [0.1, 0.15) is 26.3 Å². The number of nitrogens with zero attached hydrogens (tertiary/aromatic N) is 2. The smallest absolute Gasteiger partial charge is 0.0604 e. The predicted molar refractivity (Wildman–Crippen MR) is 80.9 cm³/mol. The Labute approximate surface area is 116 Å². The largest absolute Gasteiger partial charge is 0.395 e. The van der Waals surface area contributed by atoms with Crippen molar-refractivity contribution in [3.05, 3.63) is 29.8 Å². The average Bonchev–Trinajstić information content (AvgIpc) is 2.38. The van der Waals surface area contributed by atoms with Crippen molar-refractivity contribution in [3.8, 4) is 0 Å². The van der Waals surface area contributed by atoms with Crippen LogP contribution in [-0.4, -0.2) is 49.3 Å². The topological polar surface area (TPSA) is 26.7 Å². The number of piperazine rings is 1. The van der Waals surface area contributed by atoms with Gasteiger partial charge in [-0.2, -0.15) is 0 Å². The summed E-state index contributed by atoms with van der Waals surface area (Å²) >= 11 is 0. The number of rotatable bonds is 2. The van der Waals surface area contributed by atoms with E-state index in [1.54, 1.807) is 0 Å². The molecule has 1 heterocycles. The highest BCUT2D eigenvalue weighted by molar-refractivity contribution is 5.56. The van der Waals surface area contributed by atoms with Gasteiger partial charge in [0.05, 0.1) is 12.6 Å². The molecule has 0 spiro atoms. The fourth-order valence-electron chi connectivity index (χ4n) is 2.75. The van der Waals surface area contributed by atoms with Gasteiger partial charge in [-0.1, -0.05) is 39.0 Å². The highest BCUT2D eigenvalue weighted by Crippen LogP contribution is 2.32. The Hall–Kier alpha value is -1.06. The summed E-state index contributed by atoms with van der Waals surface area (Å²) < 4.78 is 0. The molecule has 0 amide bonds. The minimum Gasteiger partial charge on any atom is -0.395 e. The molecule has 0 saturated carbocycles. The maximum atomic E-state index is 9.49. The first-order valence-electron chi connectivity index (χ1n) is 7.09. The van der Waals surface area contributed by atoms with Gasteiger partial charge in [0.15, 0.2) is 0 Å². The molecule has 1 unspecified atom stereocenters. The monoisotopic (exact) mass is 262 g/mol. The van der Waals surface area contributed by atoms with Crippen LogP contribution in [0.2, 0.25) is 0 Å². The first kappa shape index (κ1) is 14.4. The van der Waals surface area contributed by atoms with E-state index in [0.29, 0.717) is 0 Å². The van der Waals surface area contributed by atoms with Crippen LogP contribution in [0.15, 0.2) is 24.3 Å². The molecule has 1 atom stereocenters. The van der Waals surface area contributed by atoms with Crippen LogP contribution < -0.4 is 4.90 Å². The number of aliphatic hydroxyl groups is 1. The summed E-state index contributed by atoms with van der Waals surface area (Å²) in [5.41, 5.74) is 2.85. The normalized spacial score (nSPS) is 21.7. The fraction of sp³-hybridized carbons (Fsp3) is 0.625. The molecule has 19 heavy (non-hydrogen) atoms. The molecular weight excluding hydrogens is 236 g/mol. The van der Waals surface area contributed by atoms with Crippen LogP contribution in [0, 0.1) is 0 Å². The summed E-state index contributed by atoms with van der Waals surface area (Å²) in [5.74, 6) is 0. The molecular formula is C16H26N2O. The molecule has 0 bridgehead atoms. The second kappa shape index (κ2) is 5.51. The van der Waals surface area contributed by atoms with Crippen molar-refractivity contribution < 1.29 is 5.11 Å². The van der Waals surface area contributed by atoms with Gasteiger partial charge in [-0.25, -0.2) is 0 Å². The summed E-state index contributed by atoms with van der Waals surface area (Å²) in [6, 6.07) is 8.89. The SMILES string of the molecule is CN1CCN(c2ccccc2C(C)(C)C)CC1CO. The lowest BCUT2D eigenvalue weighted by atomic mass is 9.85. The molecule has 106 valence electrons. The van der Waals surface area contributed by atoms with Crippen molar-refractivity contribution in [1.29, 1.82) is 0 Å². The van der Waals surface area contributed by atoms with E-state index in [2.05, 4.69) is 61.9 Å². The second-order valence-corrected chi connectivity index (χ2v) is 6.53. The standard InChI is InChI=1S/C16H26N2O/c1-16(2,3)14-7-5-6-8-15(14)18-10-9-17(4)13(11-18)12-19/h5-8,13,19H,9-12H2,1-4H3. The molecule has 0 radical (unpaired) electrons. The highest BCUT2D eigenvalue weighted by atomic mass is 16.3. The van der Waals surface area contributed by atoms with E-state index in [-0.39, 0.29) is 18.1 Å². The van der Waals surface area contributed by atoms with E-state index in [4.69, 9.17) is 0 Å². The molecule has 1 saturated heterocycles. The maximum absolute atomic E-state index is 9.49. The molecule has 2 rings (SSSR count). The van der Waals surface area contributed by atoms with Gasteiger partial charge in [-0.3, -0.25) is 4.90 Å². The Morgan fingerprint density at radius 2 is 1.89 bits per heavy atom. The van der Waals surface area contributed by atoms with Crippen molar-refractivity contribution in [2.45, 2.75) is 32.2 Å². The third-order valence-corrected chi connectivity index (χ3v) is 4.04. The Bertz CT molecular complexity index is 425. The summed E-state index contributed by atoms with van der Waals surface area (Å²) in [6.45, 7) is 9.93. The number of aliphatic hydroxyl groups excluding tert-OH is 1. The first-order valence-corrected chi connectivity index (χ1v) is 7.09. The third kappa shape index (κ3) is 3.10. The van der Waals surface area contributed by atoms with Gasteiger partial charge >= 0.3 is 0 Å². The molecule has 0 aliphatic carbocycles. The zero-order chi connectivity index (χ0) is 14.0. The van der Waals surface area contributed by atoms with Crippen LogP contribution >= 0.6 is 0 Å². The number of hydrogen-bond donors (Lipinski definition) is 1. The average molecular weight is 262 g/mol. The Morgan fingerprint density at radius 1 is 1.21 bits per heavy atom. The lowest BCUT2D eigenvalue weighted by Crippen LogP contribution is -2.53. The lowest BCUT2D eigenvalue weighted by Gasteiger charge is -2.41. The van der Waals surface area contributed by atoms with Gasteiger partial charge in [0.25, 0.3) is 0 Å². The number of benzene rings is 1. The minimum absolute atomic E-state index is 0.147. The van der Waals surface area contributed by atoms with Gasteiger partial charge in [0, 0.05) is 25.3 Å². The van der Waals surface area contributed by atoms with Crippen LogP contribution in [0.3, 0.4) is 0 Å². The second-order valence-electron chi connectivity index (χ2n) is 6.53. The van der Waals surface area contributed by atoms with E-state index >= 15 is 0 Å². The molecule has 1 aliphatic heterocycles. The number of anilines is 1. The fourth-order valence-corrected chi connectivity index (χ4v) is 2.75. The van der Waals surface area contributed by atoms with Crippen LogP contribution in [0.5, 0.6) is 0 Å². The van der Waals surface area contributed by atoms with E-state index in [1.165, 1.54) is 11.3 Å². The van der Waals surface area contributed by atoms with Crippen molar-refractivity contribution in [2.75, 3.05) is 38.2 Å². The molecule has 1 aliphatic rings. The lowest BCUT2D eigenvalue weighted by molar-refractivity contribution is 0.135. The number of para-hydroxylation sites is 1. The molecule has 0 aromatic heterocycles. The highest BCUT2D eigenvalue weighted by Gasteiger charge is 2.27. The molecule has 1 aromatic rings. The maximum Gasteiger partial charge on any atom is 0.0604 e.